The molecule has 2 aromatic rings. The summed E-state index contributed by atoms with van der Waals surface area (Å²) in [5, 5.41) is 4.82. The van der Waals surface area contributed by atoms with Crippen molar-refractivity contribution in [1.82, 2.24) is 10.3 Å². The van der Waals surface area contributed by atoms with Crippen LogP contribution in [0.3, 0.4) is 0 Å². The minimum atomic E-state index is 0.523. The first-order valence-corrected chi connectivity index (χ1v) is 8.71. The Morgan fingerprint density at radius 2 is 2.05 bits per heavy atom. The van der Waals surface area contributed by atoms with Crippen molar-refractivity contribution in [2.75, 3.05) is 11.4 Å². The van der Waals surface area contributed by atoms with Gasteiger partial charge in [0.15, 0.2) is 5.13 Å². The first kappa shape index (κ1) is 13.3. The molecule has 21 heavy (non-hydrogen) atoms. The lowest BCUT2D eigenvalue weighted by Crippen LogP contribution is -2.23. The maximum absolute atomic E-state index is 4.95. The molecule has 1 aromatic heterocycles. The van der Waals surface area contributed by atoms with E-state index >= 15 is 0 Å². The van der Waals surface area contributed by atoms with Gasteiger partial charge in [-0.05, 0) is 36.9 Å². The first-order chi connectivity index (χ1) is 10.3. The van der Waals surface area contributed by atoms with E-state index in [4.69, 9.17) is 4.98 Å². The monoisotopic (exact) mass is 299 g/mol. The van der Waals surface area contributed by atoms with E-state index in [1.54, 1.807) is 0 Å². The average Bonchev–Trinajstić information content (AvgIpc) is 3.11. The van der Waals surface area contributed by atoms with Crippen LogP contribution in [-0.4, -0.2) is 11.5 Å². The minimum Gasteiger partial charge on any atom is -0.339 e. The van der Waals surface area contributed by atoms with Crippen molar-refractivity contribution in [2.24, 2.45) is 0 Å². The zero-order valence-corrected chi connectivity index (χ0v) is 13.2. The van der Waals surface area contributed by atoms with Crippen LogP contribution in [0.2, 0.25) is 0 Å². The van der Waals surface area contributed by atoms with E-state index in [-0.39, 0.29) is 0 Å². The van der Waals surface area contributed by atoms with Crippen LogP contribution in [-0.2, 0) is 19.5 Å². The number of fused-ring (bicyclic) bond motifs is 2. The summed E-state index contributed by atoms with van der Waals surface area (Å²) in [4.78, 5) is 8.86. The molecule has 110 valence electrons. The highest BCUT2D eigenvalue weighted by molar-refractivity contribution is 7.15. The summed E-state index contributed by atoms with van der Waals surface area (Å²) >= 11 is 1.90. The lowest BCUT2D eigenvalue weighted by atomic mass is 9.98. The minimum absolute atomic E-state index is 0.523. The molecule has 4 rings (SSSR count). The largest absolute Gasteiger partial charge is 0.339 e. The topological polar surface area (TPSA) is 28.2 Å². The van der Waals surface area contributed by atoms with Gasteiger partial charge in [0, 0.05) is 24.0 Å². The van der Waals surface area contributed by atoms with Gasteiger partial charge in [0.05, 0.1) is 5.69 Å². The molecule has 0 radical (unpaired) electrons. The number of nitrogens with zero attached hydrogens (tertiary/aromatic N) is 2. The highest BCUT2D eigenvalue weighted by atomic mass is 32.1. The number of benzene rings is 1. The number of hydrogen-bond acceptors (Lipinski definition) is 4. The van der Waals surface area contributed by atoms with Gasteiger partial charge in [-0.2, -0.15) is 0 Å². The Kier molecular flexibility index (Phi) is 3.43. The molecule has 1 atom stereocenters. The molecule has 1 unspecified atom stereocenters. The first-order valence-electron chi connectivity index (χ1n) is 7.90. The van der Waals surface area contributed by atoms with Crippen molar-refractivity contribution < 1.29 is 0 Å². The zero-order chi connectivity index (χ0) is 14.2. The lowest BCUT2D eigenvalue weighted by Gasteiger charge is -2.21. The SMILES string of the molecule is CCNC1CCCc2nc(N3Cc4ccccc4C3)sc21. The van der Waals surface area contributed by atoms with Crippen LogP contribution in [0.15, 0.2) is 24.3 Å². The van der Waals surface area contributed by atoms with E-state index in [2.05, 4.69) is 41.4 Å². The fourth-order valence-electron chi connectivity index (χ4n) is 3.45. The van der Waals surface area contributed by atoms with Gasteiger partial charge < -0.3 is 10.2 Å². The smallest absolute Gasteiger partial charge is 0.186 e. The van der Waals surface area contributed by atoms with Crippen LogP contribution < -0.4 is 10.2 Å². The second-order valence-electron chi connectivity index (χ2n) is 5.93. The number of hydrogen-bond donors (Lipinski definition) is 1. The van der Waals surface area contributed by atoms with Crippen LogP contribution in [0.5, 0.6) is 0 Å². The third kappa shape index (κ3) is 2.36. The highest BCUT2D eigenvalue weighted by Crippen LogP contribution is 2.39. The second kappa shape index (κ2) is 5.43. The Labute approximate surface area is 130 Å². The van der Waals surface area contributed by atoms with Crippen LogP contribution >= 0.6 is 11.3 Å². The summed E-state index contributed by atoms with van der Waals surface area (Å²) in [6.07, 6.45) is 3.66. The van der Waals surface area contributed by atoms with Gasteiger partial charge >= 0.3 is 0 Å². The second-order valence-corrected chi connectivity index (χ2v) is 6.94. The number of nitrogens with one attached hydrogen (secondary N) is 1. The molecule has 1 N–H and O–H groups in total. The van der Waals surface area contributed by atoms with Crippen molar-refractivity contribution in [3.63, 3.8) is 0 Å². The van der Waals surface area contributed by atoms with E-state index in [1.165, 1.54) is 39.7 Å². The molecule has 0 fully saturated rings. The third-order valence-electron chi connectivity index (χ3n) is 4.50. The summed E-state index contributed by atoms with van der Waals surface area (Å²) in [6.45, 7) is 5.24. The van der Waals surface area contributed by atoms with Crippen LogP contribution in [0.1, 0.15) is 47.5 Å². The average molecular weight is 299 g/mol. The predicted octanol–water partition coefficient (Wildman–Crippen LogP) is 3.65. The van der Waals surface area contributed by atoms with Crippen LogP contribution in [0.25, 0.3) is 0 Å². The van der Waals surface area contributed by atoms with E-state index in [0.717, 1.165) is 26.1 Å². The lowest BCUT2D eigenvalue weighted by molar-refractivity contribution is 0.476. The number of anilines is 1. The van der Waals surface area contributed by atoms with Gasteiger partial charge in [0.1, 0.15) is 0 Å². The van der Waals surface area contributed by atoms with Gasteiger partial charge in [-0.1, -0.05) is 42.5 Å². The van der Waals surface area contributed by atoms with E-state index < -0.39 is 0 Å². The van der Waals surface area contributed by atoms with Gasteiger partial charge in [0.25, 0.3) is 0 Å². The van der Waals surface area contributed by atoms with Gasteiger partial charge in [0.2, 0.25) is 0 Å². The molecule has 0 saturated carbocycles. The molecule has 4 heteroatoms. The maximum Gasteiger partial charge on any atom is 0.186 e. The molecule has 2 aliphatic rings. The summed E-state index contributed by atoms with van der Waals surface area (Å²) in [6, 6.07) is 9.27. The zero-order valence-electron chi connectivity index (χ0n) is 12.4. The van der Waals surface area contributed by atoms with Crippen LogP contribution in [0, 0.1) is 0 Å². The fourth-order valence-corrected chi connectivity index (χ4v) is 4.67. The quantitative estimate of drug-likeness (QED) is 0.937. The molecular formula is C17H21N3S. The molecule has 0 bridgehead atoms. The fraction of sp³-hybridized carbons (Fsp3) is 0.471. The molecule has 1 aromatic carbocycles. The summed E-state index contributed by atoms with van der Waals surface area (Å²) in [5.74, 6) is 0. The molecular weight excluding hydrogens is 278 g/mol. The van der Waals surface area contributed by atoms with E-state index in [1.807, 2.05) is 11.3 Å². The number of aromatic nitrogens is 1. The normalized spacial score (nSPS) is 20.4. The number of rotatable bonds is 3. The van der Waals surface area contributed by atoms with Crippen molar-refractivity contribution in [3.05, 3.63) is 46.0 Å². The van der Waals surface area contributed by atoms with Crippen LogP contribution in [0.4, 0.5) is 5.13 Å². The predicted molar refractivity (Wildman–Crippen MR) is 87.8 cm³/mol. The van der Waals surface area contributed by atoms with Gasteiger partial charge in [-0.15, -0.1) is 0 Å². The highest BCUT2D eigenvalue weighted by Gasteiger charge is 2.27. The van der Waals surface area contributed by atoms with Gasteiger partial charge in [-0.3, -0.25) is 0 Å². The summed E-state index contributed by atoms with van der Waals surface area (Å²) in [7, 11) is 0. The van der Waals surface area contributed by atoms with E-state index in [9.17, 15) is 0 Å². The number of aryl methyl sites for hydroxylation is 1. The van der Waals surface area contributed by atoms with Crippen molar-refractivity contribution >= 4 is 16.5 Å². The Morgan fingerprint density at radius 1 is 1.29 bits per heavy atom. The molecule has 0 spiro atoms. The van der Waals surface area contributed by atoms with Crippen molar-refractivity contribution in [3.8, 4) is 0 Å². The Balaban J connectivity index is 1.61. The molecule has 0 saturated heterocycles. The molecule has 1 aliphatic carbocycles. The molecule has 0 amide bonds. The van der Waals surface area contributed by atoms with Gasteiger partial charge in [-0.25, -0.2) is 4.98 Å². The maximum atomic E-state index is 4.95. The molecule has 3 nitrogen and oxygen atoms in total. The standard InChI is InChI=1S/C17H21N3S/c1-2-18-14-8-5-9-15-16(14)21-17(19-15)20-10-12-6-3-4-7-13(12)11-20/h3-4,6-7,14,18H,2,5,8-11H2,1H3. The molecule has 1 aliphatic heterocycles. The number of thiazole rings is 1. The Bertz CT molecular complexity index is 624. The van der Waals surface area contributed by atoms with Crippen molar-refractivity contribution in [1.29, 1.82) is 0 Å². The van der Waals surface area contributed by atoms with Crippen molar-refractivity contribution in [2.45, 2.75) is 45.3 Å². The third-order valence-corrected chi connectivity index (χ3v) is 5.77. The van der Waals surface area contributed by atoms with E-state index in [0.29, 0.717) is 6.04 Å². The Morgan fingerprint density at radius 3 is 2.76 bits per heavy atom. The summed E-state index contributed by atoms with van der Waals surface area (Å²) < 4.78 is 0. The Hall–Kier alpha value is -1.39. The molecule has 2 heterocycles. The summed E-state index contributed by atoms with van der Waals surface area (Å²) in [5.41, 5.74) is 4.24.